The number of nitrogens with zero attached hydrogens (tertiary/aromatic N) is 1. The van der Waals surface area contributed by atoms with Crippen molar-refractivity contribution in [1.29, 1.82) is 0 Å². The molecule has 0 radical (unpaired) electrons. The number of hydrogen-bond donors (Lipinski definition) is 0. The Kier molecular flexibility index (Phi) is 5.67. The minimum absolute atomic E-state index is 0.0996. The molecule has 0 bridgehead atoms. The lowest BCUT2D eigenvalue weighted by Gasteiger charge is -2.10. The molecule has 0 fully saturated rings. The van der Waals surface area contributed by atoms with Gasteiger partial charge in [0.1, 0.15) is 0 Å². The van der Waals surface area contributed by atoms with Gasteiger partial charge >= 0.3 is 0 Å². The number of aromatic nitrogens is 1. The maximum atomic E-state index is 13.3. The van der Waals surface area contributed by atoms with Crippen LogP contribution in [0.3, 0.4) is 0 Å². The molecule has 0 atom stereocenters. The molecule has 2 nitrogen and oxygen atoms in total. The second kappa shape index (κ2) is 9.72. The molecule has 2 heteroatoms. The van der Waals surface area contributed by atoms with E-state index in [-0.39, 0.29) is 5.78 Å². The quantitative estimate of drug-likeness (QED) is 0.197. The highest BCUT2D eigenvalue weighted by atomic mass is 16.1. The van der Waals surface area contributed by atoms with Crippen LogP contribution in [-0.4, -0.2) is 10.4 Å². The molecule has 1 aliphatic rings. The maximum Gasteiger partial charge on any atom is 0.194 e. The van der Waals surface area contributed by atoms with Crippen molar-refractivity contribution in [1.82, 2.24) is 4.57 Å². The van der Waals surface area contributed by atoms with Crippen LogP contribution in [0.2, 0.25) is 0 Å². The molecule has 1 heterocycles. The lowest BCUT2D eigenvalue weighted by atomic mass is 9.93. The monoisotopic (exact) mass is 549 g/mol. The van der Waals surface area contributed by atoms with Gasteiger partial charge in [0.2, 0.25) is 0 Å². The van der Waals surface area contributed by atoms with Gasteiger partial charge in [0.25, 0.3) is 0 Å². The lowest BCUT2D eigenvalue weighted by Crippen LogP contribution is -1.98. The zero-order chi connectivity index (χ0) is 29.1. The third-order valence-electron chi connectivity index (χ3n) is 8.67. The molecular formula is C41H27NO. The van der Waals surface area contributed by atoms with Crippen LogP contribution in [0, 0.1) is 25.7 Å². The molecule has 7 aromatic rings. The van der Waals surface area contributed by atoms with E-state index in [4.69, 9.17) is 0 Å². The molecule has 0 N–H and O–H groups in total. The van der Waals surface area contributed by atoms with Gasteiger partial charge in [-0.1, -0.05) is 103 Å². The van der Waals surface area contributed by atoms with Gasteiger partial charge in [-0.05, 0) is 83.6 Å². The topological polar surface area (TPSA) is 22.0 Å². The van der Waals surface area contributed by atoms with E-state index in [1.54, 1.807) is 0 Å². The van der Waals surface area contributed by atoms with Crippen molar-refractivity contribution in [2.45, 2.75) is 13.8 Å². The summed E-state index contributed by atoms with van der Waals surface area (Å²) in [5, 5.41) is 2.51. The molecular weight excluding hydrogens is 522 g/mol. The van der Waals surface area contributed by atoms with Crippen molar-refractivity contribution >= 4 is 27.6 Å². The van der Waals surface area contributed by atoms with E-state index >= 15 is 0 Å². The smallest absolute Gasteiger partial charge is 0.194 e. The predicted octanol–water partition coefficient (Wildman–Crippen LogP) is 9.68. The second-order valence-corrected chi connectivity index (χ2v) is 11.3. The molecule has 1 aliphatic carbocycles. The number of carbonyl (C=O) groups excluding carboxylic acids is 1. The van der Waals surface area contributed by atoms with Crippen molar-refractivity contribution in [3.8, 4) is 39.8 Å². The number of fused-ring (bicyclic) bond motifs is 6. The Morgan fingerprint density at radius 3 is 1.74 bits per heavy atom. The summed E-state index contributed by atoms with van der Waals surface area (Å²) in [7, 11) is 0. The van der Waals surface area contributed by atoms with Gasteiger partial charge in [-0.2, -0.15) is 0 Å². The Morgan fingerprint density at radius 1 is 0.512 bits per heavy atom. The highest BCUT2D eigenvalue weighted by Crippen LogP contribution is 2.41. The van der Waals surface area contributed by atoms with Crippen LogP contribution >= 0.6 is 0 Å². The fraction of sp³-hybridized carbons (Fsp3) is 0.0488. The Bertz CT molecular complexity index is 2290. The Labute approximate surface area is 250 Å². The van der Waals surface area contributed by atoms with Gasteiger partial charge < -0.3 is 4.57 Å². The van der Waals surface area contributed by atoms with E-state index in [1.807, 2.05) is 42.5 Å². The number of benzene rings is 6. The second-order valence-electron chi connectivity index (χ2n) is 11.3. The number of aryl methyl sites for hydroxylation is 2. The zero-order valence-corrected chi connectivity index (χ0v) is 24.0. The first-order chi connectivity index (χ1) is 21.1. The summed E-state index contributed by atoms with van der Waals surface area (Å²) in [6.07, 6.45) is 0. The molecule has 0 unspecified atom stereocenters. The molecule has 0 aliphatic heterocycles. The summed E-state index contributed by atoms with van der Waals surface area (Å²) in [5.41, 5.74) is 13.4. The number of carbonyl (C=O) groups is 1. The first-order valence-electron chi connectivity index (χ1n) is 14.6. The number of ketones is 1. The highest BCUT2D eigenvalue weighted by molar-refractivity contribution is 6.24. The summed E-state index contributed by atoms with van der Waals surface area (Å²) in [5.74, 6) is 6.94. The van der Waals surface area contributed by atoms with Crippen LogP contribution < -0.4 is 0 Å². The fourth-order valence-electron chi connectivity index (χ4n) is 6.55. The summed E-state index contributed by atoms with van der Waals surface area (Å²) in [6.45, 7) is 4.22. The summed E-state index contributed by atoms with van der Waals surface area (Å²) >= 11 is 0. The van der Waals surface area contributed by atoms with Crippen LogP contribution in [0.4, 0.5) is 0 Å². The normalized spacial score (nSPS) is 11.8. The van der Waals surface area contributed by atoms with Gasteiger partial charge in [-0.3, -0.25) is 4.79 Å². The van der Waals surface area contributed by atoms with Crippen LogP contribution in [0.5, 0.6) is 0 Å². The summed E-state index contributed by atoms with van der Waals surface area (Å²) in [4.78, 5) is 13.3. The minimum Gasteiger partial charge on any atom is -0.309 e. The van der Waals surface area contributed by atoms with E-state index in [0.717, 1.165) is 61.3 Å². The molecule has 1 aromatic heterocycles. The average Bonchev–Trinajstić information content (AvgIpc) is 3.53. The maximum absolute atomic E-state index is 13.3. The van der Waals surface area contributed by atoms with Crippen LogP contribution in [-0.2, 0) is 0 Å². The molecule has 0 saturated heterocycles. The molecule has 0 amide bonds. The first-order valence-corrected chi connectivity index (χ1v) is 14.6. The minimum atomic E-state index is 0.0996. The van der Waals surface area contributed by atoms with E-state index in [0.29, 0.717) is 0 Å². The first kappa shape index (κ1) is 25.1. The van der Waals surface area contributed by atoms with E-state index in [2.05, 4.69) is 115 Å². The van der Waals surface area contributed by atoms with Crippen molar-refractivity contribution in [3.05, 3.63) is 161 Å². The average molecular weight is 550 g/mol. The number of rotatable bonds is 2. The molecule has 0 spiro atoms. The van der Waals surface area contributed by atoms with Gasteiger partial charge in [0.05, 0.1) is 11.0 Å². The van der Waals surface area contributed by atoms with E-state index in [9.17, 15) is 4.79 Å². The third kappa shape index (κ3) is 3.94. The molecule has 43 heavy (non-hydrogen) atoms. The van der Waals surface area contributed by atoms with Crippen LogP contribution in [0.1, 0.15) is 38.2 Å². The number of hydrogen-bond acceptors (Lipinski definition) is 1. The Morgan fingerprint density at radius 2 is 1.07 bits per heavy atom. The van der Waals surface area contributed by atoms with Crippen LogP contribution in [0.15, 0.2) is 127 Å². The van der Waals surface area contributed by atoms with Crippen molar-refractivity contribution in [3.63, 3.8) is 0 Å². The third-order valence-corrected chi connectivity index (χ3v) is 8.67. The Balaban J connectivity index is 1.13. The fourth-order valence-corrected chi connectivity index (χ4v) is 6.55. The summed E-state index contributed by atoms with van der Waals surface area (Å²) in [6, 6.07) is 44.0. The molecule has 202 valence electrons. The van der Waals surface area contributed by atoms with Crippen molar-refractivity contribution < 1.29 is 4.79 Å². The standard InChI is InChI=1S/C41H27NO/c1-26-24-30(32-14-9-15-36-33-10-3-4-13-37(33)41(43)40(32)36)21-20-28(26)18-19-29-22-23-31(25-27(29)2)42-38-16-7-5-11-34(38)35-12-6-8-17-39(35)42/h3-17,20-25H,1-2H3. The molecule has 6 aromatic carbocycles. The largest absolute Gasteiger partial charge is 0.309 e. The Hall–Kier alpha value is -5.65. The van der Waals surface area contributed by atoms with E-state index < -0.39 is 0 Å². The highest BCUT2D eigenvalue weighted by Gasteiger charge is 2.29. The summed E-state index contributed by atoms with van der Waals surface area (Å²) < 4.78 is 2.33. The van der Waals surface area contributed by atoms with E-state index in [1.165, 1.54) is 21.8 Å². The van der Waals surface area contributed by atoms with Crippen LogP contribution in [0.25, 0.3) is 49.7 Å². The predicted molar refractivity (Wildman–Crippen MR) is 177 cm³/mol. The van der Waals surface area contributed by atoms with Crippen molar-refractivity contribution in [2.24, 2.45) is 0 Å². The van der Waals surface area contributed by atoms with Gasteiger partial charge in [0.15, 0.2) is 5.78 Å². The van der Waals surface area contributed by atoms with Gasteiger partial charge in [-0.15, -0.1) is 0 Å². The van der Waals surface area contributed by atoms with Crippen molar-refractivity contribution in [2.75, 3.05) is 0 Å². The number of para-hydroxylation sites is 2. The van der Waals surface area contributed by atoms with Gasteiger partial charge in [0, 0.05) is 38.7 Å². The molecule has 0 saturated carbocycles. The lowest BCUT2D eigenvalue weighted by molar-refractivity contribution is 0.104. The SMILES string of the molecule is Cc1cc(-c2cccc3c2C(=O)c2ccccc2-3)ccc1C#Cc1ccc(-n2c3ccccc3c3ccccc32)cc1C. The zero-order valence-electron chi connectivity index (χ0n) is 24.0. The van der Waals surface area contributed by atoms with Gasteiger partial charge in [-0.25, -0.2) is 0 Å². The molecule has 8 rings (SSSR count).